The van der Waals surface area contributed by atoms with E-state index in [1.54, 1.807) is 102 Å². The first kappa shape index (κ1) is 57.7. The van der Waals surface area contributed by atoms with Crippen LogP contribution in [0.1, 0.15) is 116 Å². The zero-order valence-electron chi connectivity index (χ0n) is 42.3. The molecule has 0 saturated carbocycles. The van der Waals surface area contributed by atoms with Gasteiger partial charge in [0.25, 0.3) is 0 Å². The molecule has 0 amide bonds. The Morgan fingerprint density at radius 2 is 1.30 bits per heavy atom. The third-order valence-electron chi connectivity index (χ3n) is 14.0. The van der Waals surface area contributed by atoms with Gasteiger partial charge in [-0.25, -0.2) is 19.4 Å². The highest BCUT2D eigenvalue weighted by Gasteiger charge is 2.53. The van der Waals surface area contributed by atoms with Gasteiger partial charge in [0.1, 0.15) is 29.7 Å². The summed E-state index contributed by atoms with van der Waals surface area (Å²) in [5.74, 6) is -6.39. The number of ether oxygens (including phenoxy) is 6. The van der Waals surface area contributed by atoms with E-state index in [1.807, 2.05) is 25.9 Å². The number of rotatable bonds is 9. The molecule has 5 rings (SSSR count). The van der Waals surface area contributed by atoms with Crippen molar-refractivity contribution in [3.05, 3.63) is 71.8 Å². The molecule has 3 aliphatic rings. The molecule has 0 radical (unpaired) electrons. The summed E-state index contributed by atoms with van der Waals surface area (Å²) >= 11 is 0. The summed E-state index contributed by atoms with van der Waals surface area (Å²) in [6.07, 6.45) is -9.71. The van der Waals surface area contributed by atoms with Gasteiger partial charge in [-0.1, -0.05) is 64.1 Å². The van der Waals surface area contributed by atoms with Crippen molar-refractivity contribution in [2.24, 2.45) is 23.7 Å². The summed E-state index contributed by atoms with van der Waals surface area (Å²) in [6, 6.07) is 16.3. The molecule has 3 heterocycles. The maximum absolute atomic E-state index is 14.1. The quantitative estimate of drug-likeness (QED) is 0.133. The number of benzene rings is 2. The smallest absolute Gasteiger partial charge is 0.386 e. The van der Waals surface area contributed by atoms with Gasteiger partial charge < -0.3 is 58.9 Å². The molecule has 5 N–H and O–H groups in total. The molecule has 0 aromatic heterocycles. The summed E-state index contributed by atoms with van der Waals surface area (Å²) < 4.78 is 37.1. The van der Waals surface area contributed by atoms with Gasteiger partial charge in [-0.15, -0.1) is 0 Å². The molecule has 18 heteroatoms. The minimum Gasteiger partial charge on any atom is -0.459 e. The number of aliphatic hydroxyl groups is 5. The van der Waals surface area contributed by atoms with E-state index < -0.39 is 119 Å². The maximum atomic E-state index is 14.1. The predicted octanol–water partition coefficient (Wildman–Crippen LogP) is 4.40. The summed E-state index contributed by atoms with van der Waals surface area (Å²) in [5, 5.41) is 57.6. The lowest BCUT2D eigenvalue weighted by Gasteiger charge is -2.49. The number of nitrogens with zero attached hydrogens (tertiary/aromatic N) is 1. The van der Waals surface area contributed by atoms with Gasteiger partial charge in [-0.2, -0.15) is 0 Å². The van der Waals surface area contributed by atoms with E-state index in [1.165, 1.54) is 27.9 Å². The van der Waals surface area contributed by atoms with Crippen LogP contribution in [0.25, 0.3) is 0 Å². The van der Waals surface area contributed by atoms with Crippen LogP contribution >= 0.6 is 0 Å². The van der Waals surface area contributed by atoms with Crippen molar-refractivity contribution in [2.75, 3.05) is 21.2 Å². The molecular weight excluding hydrogens is 899 g/mol. The molecule has 3 aliphatic heterocycles. The average molecular weight is 976 g/mol. The molecule has 2 aromatic rings. The summed E-state index contributed by atoms with van der Waals surface area (Å²) in [6.45, 7) is 16.3. The number of likely N-dealkylation sites (N-methyl/N-ethyl adjacent to an activating group) is 1. The summed E-state index contributed by atoms with van der Waals surface area (Å²) in [7, 11) is 5.18. The number of esters is 1. The Morgan fingerprint density at radius 1 is 0.768 bits per heavy atom. The van der Waals surface area contributed by atoms with Gasteiger partial charge in [0.15, 0.2) is 12.6 Å². The molecule has 0 aliphatic carbocycles. The summed E-state index contributed by atoms with van der Waals surface area (Å²) in [4.78, 5) is 61.6. The number of carbonyl (C=O) groups excluding carboxylic acids is 4. The highest BCUT2D eigenvalue weighted by molar-refractivity contribution is 5.92. The van der Waals surface area contributed by atoms with Crippen molar-refractivity contribution in [1.29, 1.82) is 0 Å². The third-order valence-corrected chi connectivity index (χ3v) is 14.0. The van der Waals surface area contributed by atoms with Crippen molar-refractivity contribution >= 4 is 23.7 Å². The predicted molar refractivity (Wildman–Crippen MR) is 250 cm³/mol. The molecule has 18 nitrogen and oxygen atoms in total. The topological polar surface area (TPSA) is 247 Å². The Morgan fingerprint density at radius 3 is 1.80 bits per heavy atom. The van der Waals surface area contributed by atoms with E-state index in [9.17, 15) is 44.7 Å². The van der Waals surface area contributed by atoms with Crippen LogP contribution in [0.15, 0.2) is 60.7 Å². The van der Waals surface area contributed by atoms with Crippen molar-refractivity contribution in [3.63, 3.8) is 0 Å². The highest BCUT2D eigenvalue weighted by atomic mass is 17.2. The molecule has 69 heavy (non-hydrogen) atoms. The molecule has 0 unspecified atom stereocenters. The van der Waals surface area contributed by atoms with E-state index in [0.29, 0.717) is 17.5 Å². The first-order valence-corrected chi connectivity index (χ1v) is 23.8. The molecule has 3 fully saturated rings. The lowest BCUT2D eigenvalue weighted by Crippen LogP contribution is -2.61. The number of Topliss-reactive ketones (excluding diaryl/α,β-unsaturated/α-hetero) is 1. The Balaban J connectivity index is 0.000000478. The maximum Gasteiger partial charge on any atom is 0.386 e. The molecule has 0 spiro atoms. The van der Waals surface area contributed by atoms with Crippen LogP contribution < -0.4 is 0 Å². The zero-order chi connectivity index (χ0) is 51.8. The van der Waals surface area contributed by atoms with Crippen molar-refractivity contribution in [2.45, 2.75) is 179 Å². The second-order valence-electron chi connectivity index (χ2n) is 19.9. The minimum atomic E-state index is -1.99. The number of hydrogen-bond donors (Lipinski definition) is 5. The number of ketones is 1. The Bertz CT molecular complexity index is 1920. The number of methoxy groups -OCH3 is 1. The lowest BCUT2D eigenvalue weighted by molar-refractivity contribution is -0.318. The van der Waals surface area contributed by atoms with E-state index in [4.69, 9.17) is 28.4 Å². The molecular formula is C51H77NO17. The summed E-state index contributed by atoms with van der Waals surface area (Å²) in [5.41, 5.74) is -4.20. The normalized spacial score (nSPS) is 39.3. The lowest BCUT2D eigenvalue weighted by atomic mass is 9.74. The van der Waals surface area contributed by atoms with Crippen molar-refractivity contribution in [1.82, 2.24) is 4.90 Å². The second kappa shape index (κ2) is 24.5. The van der Waals surface area contributed by atoms with Crippen LogP contribution in [-0.4, -0.2) is 160 Å². The fourth-order valence-electron chi connectivity index (χ4n) is 9.73. The van der Waals surface area contributed by atoms with Crippen LogP contribution in [0.4, 0.5) is 0 Å². The van der Waals surface area contributed by atoms with Gasteiger partial charge in [0.05, 0.1) is 58.8 Å². The molecule has 3 saturated heterocycles. The second-order valence-corrected chi connectivity index (χ2v) is 19.9. The van der Waals surface area contributed by atoms with Gasteiger partial charge in [0.2, 0.25) is 0 Å². The van der Waals surface area contributed by atoms with Crippen molar-refractivity contribution < 1.29 is 82.9 Å². The van der Waals surface area contributed by atoms with Crippen LogP contribution in [-0.2, 0) is 47.8 Å². The van der Waals surface area contributed by atoms with E-state index in [0.717, 1.165) is 0 Å². The average Bonchev–Trinajstić information content (AvgIpc) is 3.32. The first-order chi connectivity index (χ1) is 32.2. The molecule has 0 bridgehead atoms. The van der Waals surface area contributed by atoms with Gasteiger partial charge in [-0.3, -0.25) is 9.59 Å². The molecule has 2 aromatic carbocycles. The Kier molecular flexibility index (Phi) is 20.4. The van der Waals surface area contributed by atoms with Gasteiger partial charge in [-0.05, 0) is 99.2 Å². The minimum absolute atomic E-state index is 0.0936. The highest BCUT2D eigenvalue weighted by Crippen LogP contribution is 2.41. The Hall–Kier alpha value is -3.92. The van der Waals surface area contributed by atoms with Gasteiger partial charge in [0, 0.05) is 37.3 Å². The first-order valence-electron chi connectivity index (χ1n) is 23.8. The monoisotopic (exact) mass is 976 g/mol. The SMILES string of the molecule is CC[C@H]1OC(=O)[C@H](C)[C@@H](O[C@H]2C[C@@](C)(OC)[C@@H](O)[C@H](C)O2)[C@H](C)[C@@H](O[C@H]2O[C@@H](C)C[C@@H](N(C)C)[C@@H]2O)[C@](C)(O)C[C@@H](C)C(=O)[C@H](C)[C@@H](O)[C@]1(C)O.O=C(OOC(=O)c1ccccc1)c1ccccc1. The molecule has 18 atom stereocenters. The zero-order valence-corrected chi connectivity index (χ0v) is 42.3. The number of aliphatic hydroxyl groups excluding tert-OH is 3. The largest absolute Gasteiger partial charge is 0.459 e. The molecule has 388 valence electrons. The van der Waals surface area contributed by atoms with Crippen LogP contribution in [0.3, 0.4) is 0 Å². The number of hydrogen-bond acceptors (Lipinski definition) is 18. The van der Waals surface area contributed by atoms with Gasteiger partial charge >= 0.3 is 17.9 Å². The fraction of sp³-hybridized carbons (Fsp3) is 0.686. The van der Waals surface area contributed by atoms with Crippen LogP contribution in [0, 0.1) is 23.7 Å². The third kappa shape index (κ3) is 14.2. The van der Waals surface area contributed by atoms with E-state index in [2.05, 4.69) is 9.78 Å². The van der Waals surface area contributed by atoms with E-state index in [-0.39, 0.29) is 31.4 Å². The fourth-order valence-corrected chi connectivity index (χ4v) is 9.73. The number of cyclic esters (lactones) is 1. The number of carbonyl (C=O) groups is 4. The van der Waals surface area contributed by atoms with Crippen LogP contribution in [0.2, 0.25) is 0 Å². The Labute approximate surface area is 406 Å². The van der Waals surface area contributed by atoms with E-state index >= 15 is 0 Å². The van der Waals surface area contributed by atoms with Crippen LogP contribution in [0.5, 0.6) is 0 Å². The standard InChI is InChI=1S/C37H67NO13.C14H10O4/c1-14-25-37(10,45)30(41)20(4)27(39)18(2)16-35(8,44)32(51-34-28(40)24(38(11)12)15-19(3)47-34)21(5)29(22(6)33(43)49-25)50-26-17-36(9,46-13)31(42)23(7)48-26;15-13(11-7-3-1-4-8-11)17-18-14(16)12-9-5-2-6-10-12/h18-26,28-32,34,40-42,44-45H,14-17H2,1-13H3;1-10H/t18-,19+,20+,21+,22-,23+,24-,25-,26+,28+,29+,30-,31+,32-,34-,35-,36-,37-;/m1./s1. The van der Waals surface area contributed by atoms with Crippen molar-refractivity contribution in [3.8, 4) is 0 Å².